The number of para-hydroxylation sites is 1. The van der Waals surface area contributed by atoms with Gasteiger partial charge in [-0.05, 0) is 57.4 Å². The Balaban J connectivity index is 0.000000307. The molecule has 0 radical (unpaired) electrons. The van der Waals surface area contributed by atoms with Gasteiger partial charge in [-0.25, -0.2) is 0 Å². The van der Waals surface area contributed by atoms with Crippen molar-refractivity contribution < 1.29 is 25.0 Å². The quantitative estimate of drug-likeness (QED) is 0.640. The van der Waals surface area contributed by atoms with Gasteiger partial charge in [0.2, 0.25) is 0 Å². The molecule has 0 fully saturated rings. The van der Waals surface area contributed by atoms with Gasteiger partial charge in [0, 0.05) is 0 Å². The van der Waals surface area contributed by atoms with Gasteiger partial charge in [-0.3, -0.25) is 0 Å². The van der Waals surface area contributed by atoms with Gasteiger partial charge in [0.05, 0.1) is 11.2 Å². The lowest BCUT2D eigenvalue weighted by Gasteiger charge is -2.31. The zero-order valence-electron chi connectivity index (χ0n) is 14.5. The molecule has 130 valence electrons. The smallest absolute Gasteiger partial charge is 0.457 e. The molecule has 6 heteroatoms. The number of ether oxygens (including phenoxy) is 1. The molecule has 0 aliphatic heterocycles. The third kappa shape index (κ3) is 6.72. The molecule has 0 aliphatic carbocycles. The van der Waals surface area contributed by atoms with Crippen LogP contribution in [0.4, 0.5) is 0 Å². The van der Waals surface area contributed by atoms with E-state index in [-0.39, 0.29) is 0 Å². The van der Waals surface area contributed by atoms with Crippen molar-refractivity contribution in [2.24, 2.45) is 0 Å². The number of rotatable bonds is 4. The molecule has 0 atom stereocenters. The van der Waals surface area contributed by atoms with Crippen molar-refractivity contribution in [2.75, 3.05) is 0 Å². The molecule has 4 N–H and O–H groups in total. The van der Waals surface area contributed by atoms with E-state index in [1.807, 2.05) is 30.3 Å². The zero-order valence-corrected chi connectivity index (χ0v) is 14.5. The Morgan fingerprint density at radius 2 is 1.25 bits per heavy atom. The Morgan fingerprint density at radius 1 is 0.750 bits per heavy atom. The van der Waals surface area contributed by atoms with E-state index in [1.165, 1.54) is 0 Å². The van der Waals surface area contributed by atoms with Crippen LogP contribution in [0.5, 0.6) is 11.5 Å². The average molecular weight is 332 g/mol. The molecule has 0 aromatic heterocycles. The fraction of sp³-hybridized carbons (Fsp3) is 0.333. The normalized spacial score (nSPS) is 11.3. The third-order valence-corrected chi connectivity index (χ3v) is 3.63. The second-order valence-electron chi connectivity index (χ2n) is 6.48. The predicted octanol–water partition coefficient (Wildman–Crippen LogP) is 1.69. The second-order valence-corrected chi connectivity index (χ2v) is 6.48. The Morgan fingerprint density at radius 3 is 1.71 bits per heavy atom. The van der Waals surface area contributed by atoms with Gasteiger partial charge in [-0.2, -0.15) is 0 Å². The van der Waals surface area contributed by atoms with Gasteiger partial charge in [0.25, 0.3) is 0 Å². The summed E-state index contributed by atoms with van der Waals surface area (Å²) in [7, 11) is -1.47. The monoisotopic (exact) mass is 332 g/mol. The highest BCUT2D eigenvalue weighted by molar-refractivity contribution is 6.58. The van der Waals surface area contributed by atoms with Crippen molar-refractivity contribution in [1.82, 2.24) is 0 Å². The van der Waals surface area contributed by atoms with Gasteiger partial charge in [-0.1, -0.05) is 30.3 Å². The maximum atomic E-state index is 9.10. The summed E-state index contributed by atoms with van der Waals surface area (Å²) in [6, 6.07) is 16.0. The SMILES string of the molecule is CC(C)(O)C(C)(C)O.OB(O)c1cccc(Oc2ccccc2)c1. The van der Waals surface area contributed by atoms with E-state index in [2.05, 4.69) is 0 Å². The lowest BCUT2D eigenvalue weighted by Crippen LogP contribution is -2.44. The largest absolute Gasteiger partial charge is 0.488 e. The van der Waals surface area contributed by atoms with Crippen molar-refractivity contribution >= 4 is 12.6 Å². The fourth-order valence-corrected chi connectivity index (χ4v) is 1.36. The molecule has 0 bridgehead atoms. The molecule has 0 aliphatic rings. The molecule has 5 nitrogen and oxygen atoms in total. The lowest BCUT2D eigenvalue weighted by molar-refractivity contribution is -0.107. The maximum Gasteiger partial charge on any atom is 0.488 e. The summed E-state index contributed by atoms with van der Waals surface area (Å²) < 4.78 is 5.55. The minimum absolute atomic E-state index is 0.411. The Bertz CT molecular complexity index is 603. The minimum atomic E-state index is -1.47. The van der Waals surface area contributed by atoms with Crippen molar-refractivity contribution in [1.29, 1.82) is 0 Å². The highest BCUT2D eigenvalue weighted by atomic mass is 16.5. The molecular formula is C18H25BO5. The van der Waals surface area contributed by atoms with Crippen LogP contribution in [-0.4, -0.2) is 38.6 Å². The van der Waals surface area contributed by atoms with E-state index in [0.717, 1.165) is 0 Å². The summed E-state index contributed by atoms with van der Waals surface area (Å²) in [5, 5.41) is 36.2. The summed E-state index contributed by atoms with van der Waals surface area (Å²) in [6.45, 7) is 6.31. The molecule has 2 aromatic carbocycles. The minimum Gasteiger partial charge on any atom is -0.457 e. The summed E-state index contributed by atoms with van der Waals surface area (Å²) in [5.41, 5.74) is -1.60. The van der Waals surface area contributed by atoms with Crippen LogP contribution in [0.2, 0.25) is 0 Å². The van der Waals surface area contributed by atoms with Crippen LogP contribution < -0.4 is 10.2 Å². The average Bonchev–Trinajstić information content (AvgIpc) is 2.47. The third-order valence-electron chi connectivity index (χ3n) is 3.63. The van der Waals surface area contributed by atoms with E-state index in [1.54, 1.807) is 52.0 Å². The number of benzene rings is 2. The highest BCUT2D eigenvalue weighted by Crippen LogP contribution is 2.19. The molecule has 0 unspecified atom stereocenters. The summed E-state index contributed by atoms with van der Waals surface area (Å²) in [4.78, 5) is 0. The van der Waals surface area contributed by atoms with Crippen LogP contribution in [-0.2, 0) is 0 Å². The molecule has 24 heavy (non-hydrogen) atoms. The number of aliphatic hydroxyl groups is 2. The zero-order chi connectivity index (χ0) is 18.4. The van der Waals surface area contributed by atoms with Crippen LogP contribution in [0.25, 0.3) is 0 Å². The second kappa shape index (κ2) is 8.30. The van der Waals surface area contributed by atoms with Crippen LogP contribution in [0.3, 0.4) is 0 Å². The van der Waals surface area contributed by atoms with E-state index in [0.29, 0.717) is 17.0 Å². The van der Waals surface area contributed by atoms with Crippen LogP contribution in [0.15, 0.2) is 54.6 Å². The Hall–Kier alpha value is -1.86. The molecule has 0 heterocycles. The van der Waals surface area contributed by atoms with Gasteiger partial charge >= 0.3 is 7.12 Å². The van der Waals surface area contributed by atoms with Crippen molar-refractivity contribution in [3.8, 4) is 11.5 Å². The molecule has 0 spiro atoms. The lowest BCUT2D eigenvalue weighted by atomic mass is 9.80. The highest BCUT2D eigenvalue weighted by Gasteiger charge is 2.31. The van der Waals surface area contributed by atoms with Crippen LogP contribution in [0.1, 0.15) is 27.7 Å². The van der Waals surface area contributed by atoms with Crippen molar-refractivity contribution in [3.05, 3.63) is 54.6 Å². The van der Waals surface area contributed by atoms with E-state index < -0.39 is 18.3 Å². The maximum absolute atomic E-state index is 9.10. The molecule has 0 saturated carbocycles. The topological polar surface area (TPSA) is 90.2 Å². The first-order valence-corrected chi connectivity index (χ1v) is 7.64. The van der Waals surface area contributed by atoms with E-state index in [9.17, 15) is 0 Å². The van der Waals surface area contributed by atoms with Crippen molar-refractivity contribution in [3.63, 3.8) is 0 Å². The standard InChI is InChI=1S/C12H11BO3.C6H14O2/c14-13(15)10-5-4-8-12(9-10)16-11-6-2-1-3-7-11;1-5(2,7)6(3,4)8/h1-9,14-15H;7-8H,1-4H3. The summed E-state index contributed by atoms with van der Waals surface area (Å²) in [5.74, 6) is 1.30. The number of hydrogen-bond acceptors (Lipinski definition) is 5. The van der Waals surface area contributed by atoms with Gasteiger partial charge in [-0.15, -0.1) is 0 Å². The Kier molecular flexibility index (Phi) is 6.99. The first-order valence-electron chi connectivity index (χ1n) is 7.64. The first-order chi connectivity index (χ1) is 11.0. The van der Waals surface area contributed by atoms with Gasteiger partial charge in [0.1, 0.15) is 11.5 Å². The van der Waals surface area contributed by atoms with E-state index in [4.69, 9.17) is 25.0 Å². The van der Waals surface area contributed by atoms with Gasteiger partial charge < -0.3 is 25.0 Å². The Labute approximate surface area is 143 Å². The van der Waals surface area contributed by atoms with Crippen LogP contribution in [0, 0.1) is 0 Å². The summed E-state index contributed by atoms with van der Waals surface area (Å²) in [6.07, 6.45) is 0. The van der Waals surface area contributed by atoms with Gasteiger partial charge in [0.15, 0.2) is 0 Å². The molecular weight excluding hydrogens is 307 g/mol. The summed E-state index contributed by atoms with van der Waals surface area (Å²) >= 11 is 0. The number of hydrogen-bond donors (Lipinski definition) is 4. The molecule has 0 amide bonds. The van der Waals surface area contributed by atoms with Crippen LogP contribution >= 0.6 is 0 Å². The van der Waals surface area contributed by atoms with Crippen molar-refractivity contribution in [2.45, 2.75) is 38.9 Å². The predicted molar refractivity (Wildman–Crippen MR) is 95.4 cm³/mol. The molecule has 0 saturated heterocycles. The van der Waals surface area contributed by atoms with E-state index >= 15 is 0 Å². The fourth-order valence-electron chi connectivity index (χ4n) is 1.36. The molecule has 2 rings (SSSR count). The molecule has 2 aromatic rings. The first kappa shape index (κ1) is 20.2.